The van der Waals surface area contributed by atoms with E-state index in [-0.39, 0.29) is 17.7 Å². The molecule has 1 amide bonds. The number of ether oxygens (including phenoxy) is 1. The molecule has 1 saturated heterocycles. The van der Waals surface area contributed by atoms with Gasteiger partial charge in [0.25, 0.3) is 5.91 Å². The first-order valence-electron chi connectivity index (χ1n) is 7.50. The van der Waals surface area contributed by atoms with Crippen molar-refractivity contribution in [2.24, 2.45) is 0 Å². The molecule has 1 aliphatic rings. The summed E-state index contributed by atoms with van der Waals surface area (Å²) in [6.07, 6.45) is 4.14. The Hall–Kier alpha value is -1.75. The van der Waals surface area contributed by atoms with Gasteiger partial charge in [-0.15, -0.1) is 0 Å². The van der Waals surface area contributed by atoms with Gasteiger partial charge in [0.15, 0.2) is 0 Å². The minimum atomic E-state index is -0.104. The molecule has 1 heterocycles. The SMILES string of the molecule is CNCCC1CCCCN1C(=O)c1cc(OC)ccc1O. The van der Waals surface area contributed by atoms with Crippen LogP contribution < -0.4 is 10.1 Å². The van der Waals surface area contributed by atoms with Crippen LogP contribution in [0.15, 0.2) is 18.2 Å². The van der Waals surface area contributed by atoms with Crippen LogP contribution in [0.4, 0.5) is 0 Å². The predicted octanol–water partition coefficient (Wildman–Crippen LogP) is 2.01. The number of likely N-dealkylation sites (tertiary alicyclic amines) is 1. The summed E-state index contributed by atoms with van der Waals surface area (Å²) in [4.78, 5) is 14.7. The molecule has 2 rings (SSSR count). The number of carbonyl (C=O) groups is 1. The summed E-state index contributed by atoms with van der Waals surface area (Å²) in [5, 5.41) is 13.1. The van der Waals surface area contributed by atoms with E-state index >= 15 is 0 Å². The van der Waals surface area contributed by atoms with Crippen molar-refractivity contribution < 1.29 is 14.6 Å². The Morgan fingerprint density at radius 2 is 2.29 bits per heavy atom. The Balaban J connectivity index is 2.20. The van der Waals surface area contributed by atoms with Gasteiger partial charge < -0.3 is 20.1 Å². The van der Waals surface area contributed by atoms with Crippen molar-refractivity contribution in [3.8, 4) is 11.5 Å². The molecular weight excluding hydrogens is 268 g/mol. The van der Waals surface area contributed by atoms with Crippen molar-refractivity contribution in [3.63, 3.8) is 0 Å². The van der Waals surface area contributed by atoms with Gasteiger partial charge in [-0.1, -0.05) is 0 Å². The number of carbonyl (C=O) groups excluding carboxylic acids is 1. The van der Waals surface area contributed by atoms with Gasteiger partial charge in [0.05, 0.1) is 12.7 Å². The molecule has 116 valence electrons. The van der Waals surface area contributed by atoms with E-state index in [4.69, 9.17) is 4.74 Å². The van der Waals surface area contributed by atoms with Crippen LogP contribution >= 0.6 is 0 Å². The fraction of sp³-hybridized carbons (Fsp3) is 0.562. The van der Waals surface area contributed by atoms with Gasteiger partial charge in [0.1, 0.15) is 11.5 Å². The Bertz CT molecular complexity index is 490. The molecule has 5 nitrogen and oxygen atoms in total. The molecule has 1 fully saturated rings. The highest BCUT2D eigenvalue weighted by atomic mass is 16.5. The number of hydrogen-bond donors (Lipinski definition) is 2. The summed E-state index contributed by atoms with van der Waals surface area (Å²) in [7, 11) is 3.47. The van der Waals surface area contributed by atoms with Gasteiger partial charge in [-0.2, -0.15) is 0 Å². The van der Waals surface area contributed by atoms with Crippen molar-refractivity contribution in [1.29, 1.82) is 0 Å². The van der Waals surface area contributed by atoms with Crippen LogP contribution in [0.25, 0.3) is 0 Å². The van der Waals surface area contributed by atoms with E-state index in [1.807, 2.05) is 11.9 Å². The third kappa shape index (κ3) is 3.67. The second-order valence-corrected chi connectivity index (χ2v) is 5.42. The summed E-state index contributed by atoms with van der Waals surface area (Å²) in [5.41, 5.74) is 0.325. The molecule has 0 aliphatic carbocycles. The smallest absolute Gasteiger partial charge is 0.257 e. The molecule has 1 aliphatic heterocycles. The number of rotatable bonds is 5. The number of phenolic OH excluding ortho intramolecular Hbond substituents is 1. The lowest BCUT2D eigenvalue weighted by molar-refractivity contribution is 0.0599. The van der Waals surface area contributed by atoms with Crippen molar-refractivity contribution >= 4 is 5.91 Å². The highest BCUT2D eigenvalue weighted by molar-refractivity contribution is 5.97. The van der Waals surface area contributed by atoms with Crippen LogP contribution in [0.2, 0.25) is 0 Å². The number of aromatic hydroxyl groups is 1. The van der Waals surface area contributed by atoms with E-state index in [1.165, 1.54) is 6.07 Å². The molecule has 1 atom stereocenters. The molecule has 1 unspecified atom stereocenters. The fourth-order valence-electron chi connectivity index (χ4n) is 2.85. The third-order valence-corrected chi connectivity index (χ3v) is 4.05. The molecule has 0 spiro atoms. The largest absolute Gasteiger partial charge is 0.507 e. The zero-order valence-electron chi connectivity index (χ0n) is 12.8. The zero-order chi connectivity index (χ0) is 15.2. The normalized spacial score (nSPS) is 18.6. The lowest BCUT2D eigenvalue weighted by Crippen LogP contribution is -2.44. The monoisotopic (exact) mass is 292 g/mol. The Morgan fingerprint density at radius 3 is 3.00 bits per heavy atom. The van der Waals surface area contributed by atoms with Gasteiger partial charge in [-0.05, 0) is 57.5 Å². The van der Waals surface area contributed by atoms with Crippen LogP contribution in [0, 0.1) is 0 Å². The van der Waals surface area contributed by atoms with Crippen LogP contribution in [0.1, 0.15) is 36.0 Å². The lowest BCUT2D eigenvalue weighted by Gasteiger charge is -2.36. The molecule has 5 heteroatoms. The quantitative estimate of drug-likeness (QED) is 0.871. The highest BCUT2D eigenvalue weighted by Crippen LogP contribution is 2.28. The second-order valence-electron chi connectivity index (χ2n) is 5.42. The first-order valence-corrected chi connectivity index (χ1v) is 7.50. The molecule has 1 aromatic carbocycles. The van der Waals surface area contributed by atoms with Gasteiger partial charge in [0, 0.05) is 12.6 Å². The van der Waals surface area contributed by atoms with Crippen molar-refractivity contribution in [1.82, 2.24) is 10.2 Å². The van der Waals surface area contributed by atoms with E-state index in [1.54, 1.807) is 19.2 Å². The van der Waals surface area contributed by atoms with E-state index in [2.05, 4.69) is 5.32 Å². The number of piperidine rings is 1. The van der Waals surface area contributed by atoms with Crippen LogP contribution in [0.3, 0.4) is 0 Å². The first-order chi connectivity index (χ1) is 10.2. The third-order valence-electron chi connectivity index (χ3n) is 4.05. The van der Waals surface area contributed by atoms with Gasteiger partial charge in [-0.25, -0.2) is 0 Å². The molecule has 2 N–H and O–H groups in total. The second kappa shape index (κ2) is 7.31. The van der Waals surface area contributed by atoms with Crippen LogP contribution in [0.5, 0.6) is 11.5 Å². The number of hydrogen-bond acceptors (Lipinski definition) is 4. The van der Waals surface area contributed by atoms with Crippen LogP contribution in [-0.4, -0.2) is 49.2 Å². The molecule has 21 heavy (non-hydrogen) atoms. The molecular formula is C16H24N2O3. The van der Waals surface area contributed by atoms with E-state index < -0.39 is 0 Å². The zero-order valence-corrected chi connectivity index (χ0v) is 12.8. The number of methoxy groups -OCH3 is 1. The molecule has 0 saturated carbocycles. The minimum absolute atomic E-state index is 0.0127. The first kappa shape index (κ1) is 15.6. The van der Waals surface area contributed by atoms with Crippen LogP contribution in [-0.2, 0) is 0 Å². The maximum atomic E-state index is 12.8. The van der Waals surface area contributed by atoms with Gasteiger partial charge >= 0.3 is 0 Å². The summed E-state index contributed by atoms with van der Waals surface area (Å²) in [5.74, 6) is 0.492. The molecule has 0 radical (unpaired) electrons. The Labute approximate surface area is 125 Å². The van der Waals surface area contributed by atoms with E-state index in [9.17, 15) is 9.90 Å². The number of phenols is 1. The van der Waals surface area contributed by atoms with Crippen molar-refractivity contribution in [2.45, 2.75) is 31.7 Å². The molecule has 0 aromatic heterocycles. The number of amides is 1. The van der Waals surface area contributed by atoms with E-state index in [0.717, 1.165) is 38.8 Å². The topological polar surface area (TPSA) is 61.8 Å². The number of nitrogens with zero attached hydrogens (tertiary/aromatic N) is 1. The fourth-order valence-corrected chi connectivity index (χ4v) is 2.85. The van der Waals surface area contributed by atoms with Gasteiger partial charge in [-0.3, -0.25) is 4.79 Å². The molecule has 1 aromatic rings. The summed E-state index contributed by atoms with van der Waals surface area (Å²) < 4.78 is 5.15. The maximum absolute atomic E-state index is 12.8. The molecule has 0 bridgehead atoms. The van der Waals surface area contributed by atoms with E-state index in [0.29, 0.717) is 11.3 Å². The van der Waals surface area contributed by atoms with Gasteiger partial charge in [0.2, 0.25) is 0 Å². The minimum Gasteiger partial charge on any atom is -0.507 e. The summed E-state index contributed by atoms with van der Waals surface area (Å²) >= 11 is 0. The van der Waals surface area contributed by atoms with Crippen molar-refractivity contribution in [3.05, 3.63) is 23.8 Å². The predicted molar refractivity (Wildman–Crippen MR) is 81.9 cm³/mol. The van der Waals surface area contributed by atoms with Crippen molar-refractivity contribution in [2.75, 3.05) is 27.2 Å². The number of nitrogens with one attached hydrogen (secondary N) is 1. The highest BCUT2D eigenvalue weighted by Gasteiger charge is 2.28. The standard InChI is InChI=1S/C16H24N2O3/c1-17-9-8-12-5-3-4-10-18(12)16(20)14-11-13(21-2)6-7-15(14)19/h6-7,11-12,17,19H,3-5,8-10H2,1-2H3. The Kier molecular flexibility index (Phi) is 5.44. The number of benzene rings is 1. The summed E-state index contributed by atoms with van der Waals surface area (Å²) in [6, 6.07) is 5.02. The maximum Gasteiger partial charge on any atom is 0.257 e. The Morgan fingerprint density at radius 1 is 1.48 bits per heavy atom. The summed E-state index contributed by atoms with van der Waals surface area (Å²) in [6.45, 7) is 1.64. The average Bonchev–Trinajstić information content (AvgIpc) is 2.53. The lowest BCUT2D eigenvalue weighted by atomic mass is 9.98. The average molecular weight is 292 g/mol.